The van der Waals surface area contributed by atoms with Crippen LogP contribution in [0.5, 0.6) is 0 Å². The maximum Gasteiger partial charge on any atom is 0.236 e. The van der Waals surface area contributed by atoms with Gasteiger partial charge in [0.25, 0.3) is 0 Å². The van der Waals surface area contributed by atoms with E-state index in [0.717, 1.165) is 13.0 Å². The van der Waals surface area contributed by atoms with Crippen molar-refractivity contribution in [2.45, 2.75) is 26.7 Å². The van der Waals surface area contributed by atoms with E-state index in [-0.39, 0.29) is 11.8 Å². The van der Waals surface area contributed by atoms with Crippen molar-refractivity contribution in [3.63, 3.8) is 0 Å². The fourth-order valence-electron chi connectivity index (χ4n) is 1.06. The van der Waals surface area contributed by atoms with Crippen molar-refractivity contribution in [1.82, 2.24) is 15.5 Å². The molecule has 0 saturated heterocycles. The molecule has 5 heteroatoms. The monoisotopic (exact) mass is 229 g/mol. The number of hydrogen-bond donors (Lipinski definition) is 2. The Balaban J connectivity index is 3.45. The van der Waals surface area contributed by atoms with Gasteiger partial charge in [-0.25, -0.2) is 0 Å². The first-order valence-electron chi connectivity index (χ1n) is 5.83. The van der Waals surface area contributed by atoms with E-state index in [1.807, 2.05) is 13.8 Å². The molecular weight excluding hydrogens is 206 g/mol. The van der Waals surface area contributed by atoms with Crippen molar-refractivity contribution < 1.29 is 9.59 Å². The number of hydrogen-bond acceptors (Lipinski definition) is 3. The Labute approximate surface area is 97.6 Å². The largest absolute Gasteiger partial charge is 0.356 e. The number of rotatable bonds is 8. The molecule has 94 valence electrons. The molecule has 0 aliphatic rings. The average molecular weight is 229 g/mol. The highest BCUT2D eigenvalue weighted by atomic mass is 16.2. The Bertz CT molecular complexity index is 219. The third-order valence-corrected chi connectivity index (χ3v) is 2.28. The van der Waals surface area contributed by atoms with Crippen LogP contribution in [-0.4, -0.2) is 49.9 Å². The summed E-state index contributed by atoms with van der Waals surface area (Å²) in [4.78, 5) is 24.2. The lowest BCUT2D eigenvalue weighted by atomic mass is 10.3. The molecule has 0 aliphatic carbocycles. The summed E-state index contributed by atoms with van der Waals surface area (Å²) >= 11 is 0. The second-order valence-corrected chi connectivity index (χ2v) is 3.68. The molecule has 2 amide bonds. The Morgan fingerprint density at radius 1 is 1.19 bits per heavy atom. The summed E-state index contributed by atoms with van der Waals surface area (Å²) in [6.45, 7) is 6.20. The van der Waals surface area contributed by atoms with Crippen LogP contribution >= 0.6 is 0 Å². The molecule has 5 nitrogen and oxygen atoms in total. The molecule has 0 rings (SSSR count). The minimum absolute atomic E-state index is 0.0330. The van der Waals surface area contributed by atoms with Crippen LogP contribution in [0.15, 0.2) is 0 Å². The molecule has 0 fully saturated rings. The quantitative estimate of drug-likeness (QED) is 0.575. The van der Waals surface area contributed by atoms with Gasteiger partial charge in [-0.15, -0.1) is 0 Å². The zero-order chi connectivity index (χ0) is 12.4. The van der Waals surface area contributed by atoms with Crippen LogP contribution in [0.2, 0.25) is 0 Å². The van der Waals surface area contributed by atoms with Gasteiger partial charge < -0.3 is 15.5 Å². The normalized spacial score (nSPS) is 9.94. The van der Waals surface area contributed by atoms with E-state index >= 15 is 0 Å². The summed E-state index contributed by atoms with van der Waals surface area (Å²) in [6.07, 6.45) is 1.36. The van der Waals surface area contributed by atoms with Crippen LogP contribution < -0.4 is 10.6 Å². The van der Waals surface area contributed by atoms with E-state index in [9.17, 15) is 9.59 Å². The van der Waals surface area contributed by atoms with Crippen molar-refractivity contribution in [3.05, 3.63) is 0 Å². The third kappa shape index (κ3) is 7.23. The van der Waals surface area contributed by atoms with Gasteiger partial charge >= 0.3 is 0 Å². The van der Waals surface area contributed by atoms with E-state index in [1.165, 1.54) is 0 Å². The van der Waals surface area contributed by atoms with E-state index in [0.29, 0.717) is 26.1 Å². The molecule has 0 bridgehead atoms. The Morgan fingerprint density at radius 2 is 1.88 bits per heavy atom. The standard InChI is InChI=1S/C11H23N3O2/c1-4-7-13-10(15)6-8-12-9-11(16)14(3)5-2/h12H,4-9H2,1-3H3,(H,13,15). The molecule has 0 aromatic carbocycles. The molecule has 0 unspecified atom stereocenters. The fraction of sp³-hybridized carbons (Fsp3) is 0.818. The first-order chi connectivity index (χ1) is 7.61. The van der Waals surface area contributed by atoms with Gasteiger partial charge in [-0.2, -0.15) is 0 Å². The minimum Gasteiger partial charge on any atom is -0.356 e. The van der Waals surface area contributed by atoms with Crippen LogP contribution in [-0.2, 0) is 9.59 Å². The molecular formula is C11H23N3O2. The molecule has 0 aromatic rings. The van der Waals surface area contributed by atoms with Crippen LogP contribution in [0.4, 0.5) is 0 Å². The maximum absolute atomic E-state index is 11.4. The molecule has 0 saturated carbocycles. The first-order valence-corrected chi connectivity index (χ1v) is 5.83. The van der Waals surface area contributed by atoms with Crippen molar-refractivity contribution in [2.24, 2.45) is 0 Å². The van der Waals surface area contributed by atoms with E-state index < -0.39 is 0 Å². The van der Waals surface area contributed by atoms with Gasteiger partial charge in [-0.1, -0.05) is 6.92 Å². The smallest absolute Gasteiger partial charge is 0.236 e. The SMILES string of the molecule is CCCNC(=O)CCNCC(=O)N(C)CC. The summed E-state index contributed by atoms with van der Waals surface area (Å²) in [6, 6.07) is 0. The van der Waals surface area contributed by atoms with Crippen molar-refractivity contribution in [2.75, 3.05) is 33.2 Å². The van der Waals surface area contributed by atoms with Gasteiger partial charge in [0.1, 0.15) is 0 Å². The molecule has 16 heavy (non-hydrogen) atoms. The second-order valence-electron chi connectivity index (χ2n) is 3.68. The van der Waals surface area contributed by atoms with E-state index in [1.54, 1.807) is 11.9 Å². The molecule has 2 N–H and O–H groups in total. The number of nitrogens with one attached hydrogen (secondary N) is 2. The lowest BCUT2D eigenvalue weighted by Gasteiger charge is -2.14. The topological polar surface area (TPSA) is 61.4 Å². The fourth-order valence-corrected chi connectivity index (χ4v) is 1.06. The highest BCUT2D eigenvalue weighted by molar-refractivity contribution is 5.78. The molecule has 0 heterocycles. The van der Waals surface area contributed by atoms with Gasteiger partial charge in [0.05, 0.1) is 6.54 Å². The van der Waals surface area contributed by atoms with Crippen LogP contribution in [0.3, 0.4) is 0 Å². The van der Waals surface area contributed by atoms with Gasteiger partial charge in [0.2, 0.25) is 11.8 Å². The van der Waals surface area contributed by atoms with Crippen LogP contribution in [0, 0.1) is 0 Å². The first kappa shape index (κ1) is 14.9. The summed E-state index contributed by atoms with van der Waals surface area (Å²) in [5, 5.41) is 5.74. The zero-order valence-corrected chi connectivity index (χ0v) is 10.5. The minimum atomic E-state index is 0.0330. The number of amides is 2. The number of carbonyl (C=O) groups is 2. The molecule has 0 spiro atoms. The summed E-state index contributed by atoms with van der Waals surface area (Å²) < 4.78 is 0. The Kier molecular flexibility index (Phi) is 8.52. The molecule has 0 aliphatic heterocycles. The third-order valence-electron chi connectivity index (χ3n) is 2.28. The highest BCUT2D eigenvalue weighted by Crippen LogP contribution is 1.83. The van der Waals surface area contributed by atoms with Crippen LogP contribution in [0.25, 0.3) is 0 Å². The molecule has 0 atom stereocenters. The summed E-state index contributed by atoms with van der Waals surface area (Å²) in [7, 11) is 1.76. The molecule has 0 radical (unpaired) electrons. The summed E-state index contributed by atoms with van der Waals surface area (Å²) in [5.41, 5.74) is 0. The average Bonchev–Trinajstić information content (AvgIpc) is 2.30. The number of likely N-dealkylation sites (N-methyl/N-ethyl adjacent to an activating group) is 1. The Morgan fingerprint density at radius 3 is 2.44 bits per heavy atom. The van der Waals surface area contributed by atoms with E-state index in [4.69, 9.17) is 0 Å². The van der Waals surface area contributed by atoms with Crippen LogP contribution in [0.1, 0.15) is 26.7 Å². The highest BCUT2D eigenvalue weighted by Gasteiger charge is 2.05. The van der Waals surface area contributed by atoms with Crippen molar-refractivity contribution >= 4 is 11.8 Å². The lowest BCUT2D eigenvalue weighted by molar-refractivity contribution is -0.129. The number of carbonyl (C=O) groups excluding carboxylic acids is 2. The van der Waals surface area contributed by atoms with Gasteiger partial charge in [0.15, 0.2) is 0 Å². The maximum atomic E-state index is 11.4. The second kappa shape index (κ2) is 9.15. The Hall–Kier alpha value is -1.10. The lowest BCUT2D eigenvalue weighted by Crippen LogP contribution is -2.37. The number of nitrogens with zero attached hydrogens (tertiary/aromatic N) is 1. The predicted octanol–water partition coefficient (Wildman–Crippen LogP) is -0.0294. The molecule has 0 aromatic heterocycles. The van der Waals surface area contributed by atoms with Gasteiger partial charge in [-0.05, 0) is 13.3 Å². The van der Waals surface area contributed by atoms with Gasteiger partial charge in [-0.3, -0.25) is 9.59 Å². The van der Waals surface area contributed by atoms with Crippen molar-refractivity contribution in [3.8, 4) is 0 Å². The predicted molar refractivity (Wildman–Crippen MR) is 64.1 cm³/mol. The zero-order valence-electron chi connectivity index (χ0n) is 10.5. The van der Waals surface area contributed by atoms with Crippen molar-refractivity contribution in [1.29, 1.82) is 0 Å². The van der Waals surface area contributed by atoms with Gasteiger partial charge in [0, 0.05) is 33.1 Å². The summed E-state index contributed by atoms with van der Waals surface area (Å²) in [5.74, 6) is 0.0853. The van der Waals surface area contributed by atoms with E-state index in [2.05, 4.69) is 10.6 Å².